The first-order valence-corrected chi connectivity index (χ1v) is 8.35. The van der Waals surface area contributed by atoms with Gasteiger partial charge in [0.25, 0.3) is 5.91 Å². The van der Waals surface area contributed by atoms with Gasteiger partial charge in [0.15, 0.2) is 0 Å². The lowest BCUT2D eigenvalue weighted by molar-refractivity contribution is -0.137. The number of halogens is 3. The number of nitrogens with one attached hydrogen (secondary N) is 1. The minimum Gasteiger partial charge on any atom is -0.352 e. The maximum Gasteiger partial charge on any atom is 0.390 e. The Hall–Kier alpha value is -1.82. The highest BCUT2D eigenvalue weighted by atomic mass is 19.4. The van der Waals surface area contributed by atoms with Gasteiger partial charge in [0.2, 0.25) is 0 Å². The Morgan fingerprint density at radius 1 is 1.29 bits per heavy atom. The van der Waals surface area contributed by atoms with Gasteiger partial charge in [-0.1, -0.05) is 6.08 Å². The molecule has 0 saturated carbocycles. The number of allylic oxidation sites excluding steroid dienone is 6. The van der Waals surface area contributed by atoms with Gasteiger partial charge in [0.05, 0.1) is 6.42 Å². The van der Waals surface area contributed by atoms with Crippen LogP contribution in [0.1, 0.15) is 19.3 Å². The second-order valence-electron chi connectivity index (χ2n) is 6.93. The average Bonchev–Trinajstić information content (AvgIpc) is 2.92. The van der Waals surface area contributed by atoms with Crippen LogP contribution >= 0.6 is 0 Å². The molecule has 0 spiro atoms. The molecule has 0 aromatic rings. The third-order valence-electron chi connectivity index (χ3n) is 5.15. The van der Waals surface area contributed by atoms with Crippen LogP contribution in [0.25, 0.3) is 0 Å². The minimum atomic E-state index is -4.10. The van der Waals surface area contributed by atoms with Gasteiger partial charge in [-0.2, -0.15) is 13.2 Å². The van der Waals surface area contributed by atoms with Gasteiger partial charge in [0.1, 0.15) is 0 Å². The number of likely N-dealkylation sites (tertiary alicyclic amines) is 1. The van der Waals surface area contributed by atoms with Crippen LogP contribution < -0.4 is 5.32 Å². The molecule has 0 aromatic carbocycles. The fourth-order valence-electron chi connectivity index (χ4n) is 3.73. The van der Waals surface area contributed by atoms with E-state index in [4.69, 9.17) is 0 Å². The van der Waals surface area contributed by atoms with Crippen LogP contribution in [-0.4, -0.2) is 43.2 Å². The highest BCUT2D eigenvalue weighted by molar-refractivity contribution is 6.03. The molecule has 0 bridgehead atoms. The summed E-state index contributed by atoms with van der Waals surface area (Å²) in [6, 6.07) is 0. The summed E-state index contributed by atoms with van der Waals surface area (Å²) >= 11 is 0. The fraction of sp³-hybridized carbons (Fsp3) is 0.500. The van der Waals surface area contributed by atoms with Crippen molar-refractivity contribution in [1.29, 1.82) is 0 Å². The van der Waals surface area contributed by atoms with Crippen LogP contribution in [0.2, 0.25) is 0 Å². The molecule has 1 amide bonds. The van der Waals surface area contributed by atoms with Crippen LogP contribution in [0.3, 0.4) is 0 Å². The van der Waals surface area contributed by atoms with Crippen molar-refractivity contribution in [1.82, 2.24) is 10.2 Å². The van der Waals surface area contributed by atoms with Crippen LogP contribution in [0.15, 0.2) is 46.1 Å². The Bertz CT molecular complexity index is 712. The van der Waals surface area contributed by atoms with E-state index in [9.17, 15) is 18.0 Å². The Morgan fingerprint density at radius 2 is 2.12 bits per heavy atom. The van der Waals surface area contributed by atoms with Gasteiger partial charge in [-0.3, -0.25) is 4.79 Å². The van der Waals surface area contributed by atoms with Gasteiger partial charge < -0.3 is 10.2 Å². The standard InChI is InChI=1S/C18H19F3N2O/c19-18(20,21)4-6-23-5-3-11(10-23)9-22-17(24)14-2-1-13-15-7-12(15)8-16(13)14/h1-2,8,11H,3-7,9-10H2,(H,22,24). The fourth-order valence-corrected chi connectivity index (χ4v) is 3.73. The molecule has 6 heteroatoms. The third kappa shape index (κ3) is 3.07. The number of hydrogen-bond acceptors (Lipinski definition) is 2. The molecule has 1 atom stereocenters. The van der Waals surface area contributed by atoms with E-state index in [1.807, 2.05) is 17.1 Å². The maximum absolute atomic E-state index is 12.4. The average molecular weight is 336 g/mol. The van der Waals surface area contributed by atoms with E-state index in [0.717, 1.165) is 18.4 Å². The van der Waals surface area contributed by atoms with E-state index in [2.05, 4.69) is 11.4 Å². The summed E-state index contributed by atoms with van der Waals surface area (Å²) in [5.41, 5.74) is 5.63. The smallest absolute Gasteiger partial charge is 0.352 e. The molecule has 0 aromatic heterocycles. The van der Waals surface area contributed by atoms with Crippen LogP contribution in [0.5, 0.6) is 0 Å². The third-order valence-corrected chi connectivity index (χ3v) is 5.15. The topological polar surface area (TPSA) is 32.3 Å². The van der Waals surface area contributed by atoms with Crippen molar-refractivity contribution in [3.8, 4) is 0 Å². The summed E-state index contributed by atoms with van der Waals surface area (Å²) in [6.07, 6.45) is 2.98. The zero-order valence-electron chi connectivity index (χ0n) is 13.2. The lowest BCUT2D eigenvalue weighted by atomic mass is 10.0. The van der Waals surface area contributed by atoms with E-state index in [1.165, 1.54) is 16.7 Å². The van der Waals surface area contributed by atoms with Crippen molar-refractivity contribution in [3.63, 3.8) is 0 Å². The highest BCUT2D eigenvalue weighted by Gasteiger charge is 2.37. The van der Waals surface area contributed by atoms with Crippen molar-refractivity contribution >= 4 is 5.91 Å². The van der Waals surface area contributed by atoms with Gasteiger partial charge in [0, 0.05) is 25.2 Å². The molecule has 3 nitrogen and oxygen atoms in total. The number of rotatable bonds is 5. The second-order valence-corrected chi connectivity index (χ2v) is 6.93. The molecule has 1 aliphatic heterocycles. The van der Waals surface area contributed by atoms with E-state index in [0.29, 0.717) is 25.2 Å². The summed E-state index contributed by atoms with van der Waals surface area (Å²) < 4.78 is 36.8. The van der Waals surface area contributed by atoms with Crippen LogP contribution in [0.4, 0.5) is 13.2 Å². The monoisotopic (exact) mass is 336 g/mol. The predicted molar refractivity (Wildman–Crippen MR) is 84.1 cm³/mol. The predicted octanol–water partition coefficient (Wildman–Crippen LogP) is 2.88. The molecule has 1 saturated heterocycles. The molecular weight excluding hydrogens is 317 g/mol. The lowest BCUT2D eigenvalue weighted by Gasteiger charge is -2.17. The Labute approximate surface area is 138 Å². The van der Waals surface area contributed by atoms with Gasteiger partial charge in [-0.25, -0.2) is 0 Å². The van der Waals surface area contributed by atoms with Crippen LogP contribution in [0, 0.1) is 5.92 Å². The zero-order chi connectivity index (χ0) is 16.9. The van der Waals surface area contributed by atoms with Crippen molar-refractivity contribution in [2.24, 2.45) is 5.92 Å². The molecule has 128 valence electrons. The van der Waals surface area contributed by atoms with E-state index in [1.54, 1.807) is 0 Å². The second kappa shape index (κ2) is 5.62. The van der Waals surface area contributed by atoms with Crippen molar-refractivity contribution in [2.45, 2.75) is 25.4 Å². The van der Waals surface area contributed by atoms with E-state index in [-0.39, 0.29) is 18.4 Å². The lowest BCUT2D eigenvalue weighted by Crippen LogP contribution is -2.32. The Morgan fingerprint density at radius 3 is 2.92 bits per heavy atom. The number of carbonyl (C=O) groups excluding carboxylic acids is 1. The number of nitrogens with zero attached hydrogens (tertiary/aromatic N) is 1. The summed E-state index contributed by atoms with van der Waals surface area (Å²) in [5, 5.41) is 2.95. The zero-order valence-corrected chi connectivity index (χ0v) is 13.2. The normalized spacial score (nSPS) is 25.3. The Kier molecular flexibility index (Phi) is 3.67. The Balaban J connectivity index is 1.22. The highest BCUT2D eigenvalue weighted by Crippen LogP contribution is 2.51. The molecule has 1 N–H and O–H groups in total. The molecule has 4 aliphatic rings. The SMILES string of the molecule is O=C(NCC1CCN(CCC(F)(F)F)C1)C1=CC=C2C1=CC1=C2C1. The molecule has 1 fully saturated rings. The quantitative estimate of drug-likeness (QED) is 0.837. The molecule has 0 radical (unpaired) electrons. The molecule has 4 rings (SSSR count). The summed E-state index contributed by atoms with van der Waals surface area (Å²) in [5.74, 6) is 0.148. The van der Waals surface area contributed by atoms with Crippen molar-refractivity contribution < 1.29 is 18.0 Å². The van der Waals surface area contributed by atoms with Gasteiger partial charge >= 0.3 is 6.18 Å². The summed E-state index contributed by atoms with van der Waals surface area (Å²) in [4.78, 5) is 14.2. The van der Waals surface area contributed by atoms with Gasteiger partial charge in [-0.05, 0) is 59.7 Å². The van der Waals surface area contributed by atoms with E-state index < -0.39 is 12.6 Å². The first-order chi connectivity index (χ1) is 11.4. The minimum absolute atomic E-state index is 0.0521. The number of fused-ring (bicyclic) bond motifs is 2. The summed E-state index contributed by atoms with van der Waals surface area (Å²) in [7, 11) is 0. The molecule has 1 heterocycles. The van der Waals surface area contributed by atoms with Crippen LogP contribution in [-0.2, 0) is 4.79 Å². The molecule has 24 heavy (non-hydrogen) atoms. The first kappa shape index (κ1) is 15.7. The number of carbonyl (C=O) groups is 1. The van der Waals surface area contributed by atoms with Gasteiger partial charge in [-0.15, -0.1) is 0 Å². The first-order valence-electron chi connectivity index (χ1n) is 8.35. The summed E-state index contributed by atoms with van der Waals surface area (Å²) in [6.45, 7) is 1.87. The van der Waals surface area contributed by atoms with Crippen molar-refractivity contribution in [2.75, 3.05) is 26.2 Å². The molecular formula is C18H19F3N2O. The van der Waals surface area contributed by atoms with Crippen molar-refractivity contribution in [3.05, 3.63) is 46.1 Å². The number of amides is 1. The number of alkyl halides is 3. The number of hydrogen-bond donors (Lipinski definition) is 1. The molecule has 3 aliphatic carbocycles. The largest absolute Gasteiger partial charge is 0.390 e. The molecule has 1 unspecified atom stereocenters. The van der Waals surface area contributed by atoms with E-state index >= 15 is 0 Å². The maximum atomic E-state index is 12.4.